The summed E-state index contributed by atoms with van der Waals surface area (Å²) in [5, 5.41) is 7.96. The number of nitrogens with zero attached hydrogens (tertiary/aromatic N) is 1. The fourth-order valence-electron chi connectivity index (χ4n) is 3.95. The van der Waals surface area contributed by atoms with Crippen molar-refractivity contribution in [1.29, 1.82) is 0 Å². The van der Waals surface area contributed by atoms with Gasteiger partial charge >= 0.3 is 0 Å². The highest BCUT2D eigenvalue weighted by atomic mass is 16.2. The van der Waals surface area contributed by atoms with Gasteiger partial charge in [0, 0.05) is 12.2 Å². The van der Waals surface area contributed by atoms with Gasteiger partial charge in [0.25, 0.3) is 5.91 Å². The van der Waals surface area contributed by atoms with Gasteiger partial charge in [-0.1, -0.05) is 44.2 Å². The Labute approximate surface area is 177 Å². The maximum atomic E-state index is 13.0. The molecule has 0 spiro atoms. The summed E-state index contributed by atoms with van der Waals surface area (Å²) in [6, 6.07) is 12.5. The van der Waals surface area contributed by atoms with Gasteiger partial charge in [-0.2, -0.15) is 0 Å². The van der Waals surface area contributed by atoms with E-state index in [0.717, 1.165) is 17.2 Å². The number of nitrogens with one attached hydrogen (secondary N) is 2. The first-order valence-electron chi connectivity index (χ1n) is 10.6. The Morgan fingerprint density at radius 2 is 1.87 bits per heavy atom. The largest absolute Gasteiger partial charge is 0.350 e. The Morgan fingerprint density at radius 3 is 2.57 bits per heavy atom. The van der Waals surface area contributed by atoms with Crippen LogP contribution in [0.4, 0.5) is 5.69 Å². The van der Waals surface area contributed by atoms with Gasteiger partial charge in [-0.15, -0.1) is 0 Å². The van der Waals surface area contributed by atoms with Crippen molar-refractivity contribution in [3.8, 4) is 0 Å². The standard InChI is InChI=1S/C23H30N4O3/c1-15(2)12-19(26-23(30)20-8-5-11-27(20)21(28)14-24)22(29)25-18-10-9-16-6-3-4-7-17(16)13-18/h3-4,6-7,9-10,13,15,19-20H,5,8,11-12,14,24H2,1-2H3,(H,25,29)(H,26,30)/p+1/t19-,20-/m0/s1. The minimum atomic E-state index is -0.665. The quantitative estimate of drug-likeness (QED) is 0.643. The first-order valence-corrected chi connectivity index (χ1v) is 10.6. The number of hydrogen-bond acceptors (Lipinski definition) is 3. The smallest absolute Gasteiger partial charge is 0.278 e. The molecule has 0 radical (unpaired) electrons. The van der Waals surface area contributed by atoms with Crippen LogP contribution in [-0.4, -0.2) is 47.8 Å². The summed E-state index contributed by atoms with van der Waals surface area (Å²) in [6.07, 6.45) is 1.90. The van der Waals surface area contributed by atoms with Crippen molar-refractivity contribution >= 4 is 34.2 Å². The molecule has 0 aromatic heterocycles. The average molecular weight is 412 g/mol. The molecule has 2 aromatic rings. The van der Waals surface area contributed by atoms with E-state index in [-0.39, 0.29) is 30.2 Å². The summed E-state index contributed by atoms with van der Waals surface area (Å²) in [6.45, 7) is 4.71. The number of amides is 3. The number of fused-ring (bicyclic) bond motifs is 1. The van der Waals surface area contributed by atoms with Crippen molar-refractivity contribution in [2.24, 2.45) is 5.92 Å². The molecule has 2 atom stereocenters. The van der Waals surface area contributed by atoms with Gasteiger partial charge in [0.1, 0.15) is 12.1 Å². The van der Waals surface area contributed by atoms with Crippen LogP contribution < -0.4 is 16.4 Å². The van der Waals surface area contributed by atoms with E-state index in [0.29, 0.717) is 25.1 Å². The van der Waals surface area contributed by atoms with Crippen LogP contribution >= 0.6 is 0 Å². The molecule has 0 saturated carbocycles. The first-order chi connectivity index (χ1) is 14.4. The molecule has 1 saturated heterocycles. The van der Waals surface area contributed by atoms with E-state index in [4.69, 9.17) is 0 Å². The summed E-state index contributed by atoms with van der Waals surface area (Å²) < 4.78 is 0. The maximum absolute atomic E-state index is 13.0. The molecule has 0 aliphatic carbocycles. The molecular formula is C23H31N4O3+. The predicted octanol–water partition coefficient (Wildman–Crippen LogP) is 1.54. The molecule has 5 N–H and O–H groups in total. The van der Waals surface area contributed by atoms with E-state index in [1.807, 2.05) is 56.3 Å². The van der Waals surface area contributed by atoms with E-state index in [2.05, 4.69) is 16.4 Å². The van der Waals surface area contributed by atoms with Gasteiger partial charge < -0.3 is 21.3 Å². The van der Waals surface area contributed by atoms with Crippen molar-refractivity contribution in [3.05, 3.63) is 42.5 Å². The van der Waals surface area contributed by atoms with E-state index < -0.39 is 12.1 Å². The third kappa shape index (κ3) is 5.16. The summed E-state index contributed by atoms with van der Waals surface area (Å²) in [5.41, 5.74) is 4.33. The molecule has 1 aliphatic rings. The van der Waals surface area contributed by atoms with Gasteiger partial charge in [-0.05, 0) is 48.1 Å². The van der Waals surface area contributed by atoms with Crippen LogP contribution in [-0.2, 0) is 14.4 Å². The topological polar surface area (TPSA) is 106 Å². The van der Waals surface area contributed by atoms with Crippen LogP contribution in [0, 0.1) is 5.92 Å². The van der Waals surface area contributed by atoms with Crippen molar-refractivity contribution in [2.75, 3.05) is 18.4 Å². The maximum Gasteiger partial charge on any atom is 0.278 e. The number of carbonyl (C=O) groups is 3. The van der Waals surface area contributed by atoms with E-state index in [9.17, 15) is 14.4 Å². The predicted molar refractivity (Wildman–Crippen MR) is 116 cm³/mol. The van der Waals surface area contributed by atoms with Crippen LogP contribution in [0.2, 0.25) is 0 Å². The van der Waals surface area contributed by atoms with Gasteiger partial charge in [0.2, 0.25) is 11.8 Å². The van der Waals surface area contributed by atoms with Gasteiger partial charge in [0.15, 0.2) is 6.54 Å². The summed E-state index contributed by atoms with van der Waals surface area (Å²) >= 11 is 0. The second-order valence-electron chi connectivity index (χ2n) is 8.24. The van der Waals surface area contributed by atoms with Crippen molar-refractivity contribution in [3.63, 3.8) is 0 Å². The number of carbonyl (C=O) groups excluding carboxylic acids is 3. The van der Waals surface area contributed by atoms with Crippen molar-refractivity contribution < 1.29 is 20.1 Å². The Morgan fingerprint density at radius 1 is 1.13 bits per heavy atom. The lowest BCUT2D eigenvalue weighted by Gasteiger charge is -2.26. The van der Waals surface area contributed by atoms with E-state index in [1.165, 1.54) is 0 Å². The molecule has 160 valence electrons. The second-order valence-corrected chi connectivity index (χ2v) is 8.24. The lowest BCUT2D eigenvalue weighted by Crippen LogP contribution is -2.60. The van der Waals surface area contributed by atoms with Crippen LogP contribution in [0.5, 0.6) is 0 Å². The summed E-state index contributed by atoms with van der Waals surface area (Å²) in [7, 11) is 0. The highest BCUT2D eigenvalue weighted by Gasteiger charge is 2.36. The zero-order chi connectivity index (χ0) is 21.7. The Balaban J connectivity index is 1.71. The monoisotopic (exact) mass is 411 g/mol. The van der Waals surface area contributed by atoms with Gasteiger partial charge in [0.05, 0.1) is 0 Å². The molecule has 7 nitrogen and oxygen atoms in total. The third-order valence-corrected chi connectivity index (χ3v) is 5.45. The van der Waals surface area contributed by atoms with Crippen LogP contribution in [0.3, 0.4) is 0 Å². The fraction of sp³-hybridized carbons (Fsp3) is 0.435. The van der Waals surface area contributed by atoms with Gasteiger partial charge in [-0.25, -0.2) is 0 Å². The Hall–Kier alpha value is -2.93. The number of benzene rings is 2. The fourth-order valence-corrected chi connectivity index (χ4v) is 3.95. The lowest BCUT2D eigenvalue weighted by atomic mass is 10.0. The second kappa shape index (κ2) is 9.71. The normalized spacial score (nSPS) is 17.2. The SMILES string of the molecule is CC(C)C[C@H](NC(=O)[C@@H]1CCCN1C(=O)C[NH3+])C(=O)Nc1ccc2ccccc2c1. The van der Waals surface area contributed by atoms with E-state index in [1.54, 1.807) is 4.90 Å². The molecule has 3 amide bonds. The van der Waals surface area contributed by atoms with Crippen molar-refractivity contribution in [2.45, 2.75) is 45.2 Å². The molecule has 0 unspecified atom stereocenters. The Bertz CT molecular complexity index is 928. The van der Waals surface area contributed by atoms with Crippen molar-refractivity contribution in [1.82, 2.24) is 10.2 Å². The third-order valence-electron chi connectivity index (χ3n) is 5.45. The molecule has 1 aliphatic heterocycles. The highest BCUT2D eigenvalue weighted by Crippen LogP contribution is 2.20. The lowest BCUT2D eigenvalue weighted by molar-refractivity contribution is -0.357. The first kappa shape index (κ1) is 21.8. The molecule has 2 aromatic carbocycles. The number of likely N-dealkylation sites (tertiary alicyclic amines) is 1. The van der Waals surface area contributed by atoms with Crippen LogP contribution in [0.15, 0.2) is 42.5 Å². The molecule has 30 heavy (non-hydrogen) atoms. The minimum absolute atomic E-state index is 0.127. The average Bonchev–Trinajstić information content (AvgIpc) is 3.22. The van der Waals surface area contributed by atoms with Gasteiger partial charge in [-0.3, -0.25) is 14.4 Å². The minimum Gasteiger partial charge on any atom is -0.350 e. The zero-order valence-electron chi connectivity index (χ0n) is 17.7. The summed E-state index contributed by atoms with van der Waals surface area (Å²) in [4.78, 5) is 39.5. The van der Waals surface area contributed by atoms with Crippen LogP contribution in [0.25, 0.3) is 10.8 Å². The molecule has 7 heteroatoms. The highest BCUT2D eigenvalue weighted by molar-refractivity contribution is 6.00. The summed E-state index contributed by atoms with van der Waals surface area (Å²) in [5.74, 6) is -0.429. The number of rotatable bonds is 7. The number of hydrogen-bond donors (Lipinski definition) is 3. The zero-order valence-corrected chi connectivity index (χ0v) is 17.7. The number of quaternary nitrogens is 1. The molecular weight excluding hydrogens is 380 g/mol. The van der Waals surface area contributed by atoms with E-state index >= 15 is 0 Å². The molecule has 3 rings (SSSR count). The number of anilines is 1. The van der Waals surface area contributed by atoms with Crippen LogP contribution in [0.1, 0.15) is 33.1 Å². The Kier molecular flexibility index (Phi) is 7.05. The molecule has 1 heterocycles. The molecule has 0 bridgehead atoms. The molecule has 1 fully saturated rings.